The summed E-state index contributed by atoms with van der Waals surface area (Å²) in [5.41, 5.74) is 3.53. The first-order valence-electron chi connectivity index (χ1n) is 8.80. The molecule has 0 atom stereocenters. The predicted molar refractivity (Wildman–Crippen MR) is 109 cm³/mol. The van der Waals surface area contributed by atoms with E-state index >= 15 is 0 Å². The standard InChI is InChI=1S/C20H23N5S/c1-3-19-22-23-20(26)25(19)21-14-16-10-12-18(13-11-16)24(4-2)15-17-8-6-5-7-9-17/h5-14H,3-4,15H2,1-2H3,(H,23,26)/b21-14+. The number of nitrogens with zero attached hydrogens (tertiary/aromatic N) is 4. The van der Waals surface area contributed by atoms with Gasteiger partial charge in [0.25, 0.3) is 0 Å². The highest BCUT2D eigenvalue weighted by atomic mass is 32.1. The second-order valence-corrected chi connectivity index (χ2v) is 6.33. The van der Waals surface area contributed by atoms with Crippen molar-refractivity contribution >= 4 is 24.1 Å². The van der Waals surface area contributed by atoms with Crippen LogP contribution in [0.5, 0.6) is 0 Å². The zero-order chi connectivity index (χ0) is 18.4. The lowest BCUT2D eigenvalue weighted by Crippen LogP contribution is -2.21. The Hall–Kier alpha value is -2.73. The Balaban J connectivity index is 1.74. The second-order valence-electron chi connectivity index (χ2n) is 5.95. The van der Waals surface area contributed by atoms with Crippen LogP contribution in [-0.2, 0) is 13.0 Å². The lowest BCUT2D eigenvalue weighted by molar-refractivity contribution is 0.780. The van der Waals surface area contributed by atoms with E-state index in [-0.39, 0.29) is 0 Å². The maximum Gasteiger partial charge on any atom is 0.216 e. The van der Waals surface area contributed by atoms with Crippen LogP contribution in [0.15, 0.2) is 59.7 Å². The van der Waals surface area contributed by atoms with Gasteiger partial charge in [0.2, 0.25) is 4.77 Å². The molecule has 0 unspecified atom stereocenters. The summed E-state index contributed by atoms with van der Waals surface area (Å²) in [5.74, 6) is 0.822. The molecule has 1 N–H and O–H groups in total. The molecule has 0 amide bonds. The first kappa shape index (κ1) is 18.1. The van der Waals surface area contributed by atoms with E-state index < -0.39 is 0 Å². The molecule has 0 saturated carbocycles. The van der Waals surface area contributed by atoms with Crippen molar-refractivity contribution in [1.29, 1.82) is 0 Å². The van der Waals surface area contributed by atoms with Gasteiger partial charge in [0.1, 0.15) is 0 Å². The molecule has 134 valence electrons. The van der Waals surface area contributed by atoms with Crippen LogP contribution in [0.4, 0.5) is 5.69 Å². The van der Waals surface area contributed by atoms with Crippen LogP contribution in [0.25, 0.3) is 0 Å². The number of rotatable bonds is 7. The Bertz CT molecular complexity index is 909. The SMILES string of the molecule is CCc1n[nH]c(=S)n1/N=C/c1ccc(N(CC)Cc2ccccc2)cc1. The largest absolute Gasteiger partial charge is 0.367 e. The fraction of sp³-hybridized carbons (Fsp3) is 0.250. The van der Waals surface area contributed by atoms with E-state index in [4.69, 9.17) is 12.2 Å². The summed E-state index contributed by atoms with van der Waals surface area (Å²) in [6.07, 6.45) is 2.58. The van der Waals surface area contributed by atoms with E-state index in [1.54, 1.807) is 4.68 Å². The van der Waals surface area contributed by atoms with Gasteiger partial charge in [-0.1, -0.05) is 49.4 Å². The first-order chi connectivity index (χ1) is 12.7. The quantitative estimate of drug-likeness (QED) is 0.498. The number of aromatic nitrogens is 3. The minimum Gasteiger partial charge on any atom is -0.367 e. The van der Waals surface area contributed by atoms with Crippen molar-refractivity contribution in [2.24, 2.45) is 5.10 Å². The molecule has 1 heterocycles. The summed E-state index contributed by atoms with van der Waals surface area (Å²) in [5, 5.41) is 11.4. The van der Waals surface area contributed by atoms with Crippen LogP contribution < -0.4 is 4.90 Å². The number of aryl methyl sites for hydroxylation is 1. The molecule has 0 bridgehead atoms. The van der Waals surface area contributed by atoms with Crippen molar-refractivity contribution in [2.45, 2.75) is 26.8 Å². The highest BCUT2D eigenvalue weighted by Crippen LogP contribution is 2.17. The van der Waals surface area contributed by atoms with Crippen molar-refractivity contribution in [3.05, 3.63) is 76.3 Å². The third kappa shape index (κ3) is 4.26. The van der Waals surface area contributed by atoms with Gasteiger partial charge in [-0.15, -0.1) is 0 Å². The maximum atomic E-state index is 5.21. The average molecular weight is 366 g/mol. The summed E-state index contributed by atoms with van der Waals surface area (Å²) >= 11 is 5.21. The molecule has 0 fully saturated rings. The normalized spacial score (nSPS) is 11.2. The summed E-state index contributed by atoms with van der Waals surface area (Å²) in [4.78, 5) is 2.34. The third-order valence-electron chi connectivity index (χ3n) is 4.21. The highest BCUT2D eigenvalue weighted by Gasteiger charge is 2.05. The number of H-pyrrole nitrogens is 1. The van der Waals surface area contributed by atoms with Crippen molar-refractivity contribution < 1.29 is 0 Å². The van der Waals surface area contributed by atoms with E-state index in [9.17, 15) is 0 Å². The number of nitrogens with one attached hydrogen (secondary N) is 1. The number of anilines is 1. The molecular weight excluding hydrogens is 342 g/mol. The van der Waals surface area contributed by atoms with Crippen molar-refractivity contribution in [3.63, 3.8) is 0 Å². The molecule has 6 heteroatoms. The fourth-order valence-electron chi connectivity index (χ4n) is 2.76. The minimum atomic E-state index is 0.509. The van der Waals surface area contributed by atoms with Crippen LogP contribution in [0.2, 0.25) is 0 Å². The van der Waals surface area contributed by atoms with Gasteiger partial charge in [-0.2, -0.15) is 14.9 Å². The van der Waals surface area contributed by atoms with Gasteiger partial charge in [0.15, 0.2) is 5.82 Å². The lowest BCUT2D eigenvalue weighted by Gasteiger charge is -2.23. The second kappa shape index (κ2) is 8.58. The van der Waals surface area contributed by atoms with E-state index in [0.717, 1.165) is 30.9 Å². The molecule has 0 spiro atoms. The summed E-state index contributed by atoms with van der Waals surface area (Å²) in [7, 11) is 0. The van der Waals surface area contributed by atoms with Gasteiger partial charge in [-0.3, -0.25) is 5.10 Å². The van der Waals surface area contributed by atoms with Crippen LogP contribution in [-0.4, -0.2) is 27.6 Å². The molecule has 0 aliphatic carbocycles. The number of aromatic amines is 1. The zero-order valence-corrected chi connectivity index (χ0v) is 15.9. The molecule has 0 aliphatic heterocycles. The van der Waals surface area contributed by atoms with Crippen LogP contribution >= 0.6 is 12.2 Å². The monoisotopic (exact) mass is 365 g/mol. The van der Waals surface area contributed by atoms with E-state index in [2.05, 4.69) is 75.7 Å². The van der Waals surface area contributed by atoms with Gasteiger partial charge in [0, 0.05) is 25.2 Å². The van der Waals surface area contributed by atoms with Gasteiger partial charge < -0.3 is 4.90 Å². The van der Waals surface area contributed by atoms with Crippen molar-refractivity contribution in [1.82, 2.24) is 14.9 Å². The Labute approximate surface area is 159 Å². The minimum absolute atomic E-state index is 0.509. The predicted octanol–water partition coefficient (Wildman–Crippen LogP) is 4.41. The Morgan fingerprint density at radius 2 is 1.85 bits per heavy atom. The van der Waals surface area contributed by atoms with Gasteiger partial charge in [-0.25, -0.2) is 0 Å². The molecule has 3 rings (SSSR count). The zero-order valence-electron chi connectivity index (χ0n) is 15.1. The first-order valence-corrected chi connectivity index (χ1v) is 9.21. The molecule has 3 aromatic rings. The molecular formula is C20H23N5S. The molecule has 0 saturated heterocycles. The van der Waals surface area contributed by atoms with Gasteiger partial charge >= 0.3 is 0 Å². The van der Waals surface area contributed by atoms with Gasteiger partial charge in [0.05, 0.1) is 6.21 Å². The third-order valence-corrected chi connectivity index (χ3v) is 4.48. The van der Waals surface area contributed by atoms with E-state index in [1.165, 1.54) is 11.3 Å². The van der Waals surface area contributed by atoms with E-state index in [1.807, 2.05) is 19.2 Å². The number of hydrogen-bond donors (Lipinski definition) is 1. The molecule has 2 aromatic carbocycles. The fourth-order valence-corrected chi connectivity index (χ4v) is 2.96. The average Bonchev–Trinajstić information content (AvgIpc) is 3.05. The van der Waals surface area contributed by atoms with Crippen LogP contribution in [0.3, 0.4) is 0 Å². The van der Waals surface area contributed by atoms with Crippen molar-refractivity contribution in [2.75, 3.05) is 11.4 Å². The van der Waals surface area contributed by atoms with E-state index in [0.29, 0.717) is 4.77 Å². The Morgan fingerprint density at radius 1 is 1.12 bits per heavy atom. The Kier molecular flexibility index (Phi) is 5.96. The topological polar surface area (TPSA) is 49.2 Å². The summed E-state index contributed by atoms with van der Waals surface area (Å²) < 4.78 is 2.17. The number of benzene rings is 2. The number of hydrogen-bond acceptors (Lipinski definition) is 4. The molecule has 0 radical (unpaired) electrons. The van der Waals surface area contributed by atoms with Gasteiger partial charge in [-0.05, 0) is 42.4 Å². The molecule has 1 aromatic heterocycles. The van der Waals surface area contributed by atoms with Crippen molar-refractivity contribution in [3.8, 4) is 0 Å². The lowest BCUT2D eigenvalue weighted by atomic mass is 10.1. The van der Waals surface area contributed by atoms with Crippen LogP contribution in [0, 0.1) is 4.77 Å². The Morgan fingerprint density at radius 3 is 2.50 bits per heavy atom. The summed E-state index contributed by atoms with van der Waals surface area (Å²) in [6.45, 7) is 6.05. The maximum absolute atomic E-state index is 5.21. The summed E-state index contributed by atoms with van der Waals surface area (Å²) in [6, 6.07) is 18.9. The molecule has 5 nitrogen and oxygen atoms in total. The molecule has 0 aliphatic rings. The molecule has 26 heavy (non-hydrogen) atoms. The van der Waals surface area contributed by atoms with Crippen LogP contribution in [0.1, 0.15) is 30.8 Å². The highest BCUT2D eigenvalue weighted by molar-refractivity contribution is 7.71. The smallest absolute Gasteiger partial charge is 0.216 e.